The Kier molecular flexibility index (Phi) is 5.79. The molecule has 0 spiro atoms. The highest BCUT2D eigenvalue weighted by Gasteiger charge is 2.24. The Balaban J connectivity index is 1.23. The maximum atomic E-state index is 12.4. The zero-order valence-electron chi connectivity index (χ0n) is 17.8. The first kappa shape index (κ1) is 19.7. The van der Waals surface area contributed by atoms with Crippen LogP contribution in [0.4, 0.5) is 5.82 Å². The van der Waals surface area contributed by atoms with Gasteiger partial charge in [-0.3, -0.25) is 9.69 Å². The Labute approximate surface area is 177 Å². The van der Waals surface area contributed by atoms with Gasteiger partial charge >= 0.3 is 0 Å². The molecule has 160 valence electrons. The topological polar surface area (TPSA) is 75.9 Å². The van der Waals surface area contributed by atoms with Gasteiger partial charge in [0.2, 0.25) is 0 Å². The van der Waals surface area contributed by atoms with Crippen molar-refractivity contribution < 1.29 is 0 Å². The van der Waals surface area contributed by atoms with E-state index in [9.17, 15) is 4.79 Å². The molecule has 5 rings (SSSR count). The molecular formula is C23H32N6O. The predicted molar refractivity (Wildman–Crippen MR) is 117 cm³/mol. The summed E-state index contributed by atoms with van der Waals surface area (Å²) >= 11 is 0. The summed E-state index contributed by atoms with van der Waals surface area (Å²) in [7, 11) is 0. The third-order valence-electron chi connectivity index (χ3n) is 7.00. The normalized spacial score (nSPS) is 21.3. The number of nitrogens with zero attached hydrogens (tertiary/aromatic N) is 5. The maximum absolute atomic E-state index is 12.4. The highest BCUT2D eigenvalue weighted by Crippen LogP contribution is 2.25. The van der Waals surface area contributed by atoms with Crippen molar-refractivity contribution in [1.82, 2.24) is 24.6 Å². The molecule has 2 aliphatic carbocycles. The summed E-state index contributed by atoms with van der Waals surface area (Å²) in [5.41, 5.74) is 4.88. The lowest BCUT2D eigenvalue weighted by Gasteiger charge is -2.36. The van der Waals surface area contributed by atoms with Gasteiger partial charge in [0.05, 0.1) is 12.2 Å². The molecule has 0 radical (unpaired) electrons. The fourth-order valence-electron chi connectivity index (χ4n) is 5.30. The van der Waals surface area contributed by atoms with Crippen LogP contribution in [-0.4, -0.2) is 50.3 Å². The van der Waals surface area contributed by atoms with Crippen molar-refractivity contribution in [1.29, 1.82) is 0 Å². The van der Waals surface area contributed by atoms with Gasteiger partial charge in [-0.05, 0) is 69.9 Å². The molecule has 0 saturated carbocycles. The number of hydrogen-bond donors (Lipinski definition) is 1. The van der Waals surface area contributed by atoms with Crippen molar-refractivity contribution >= 4 is 5.82 Å². The molecule has 3 aliphatic rings. The maximum Gasteiger partial charge on any atom is 0.267 e. The van der Waals surface area contributed by atoms with Crippen molar-refractivity contribution in [2.75, 3.05) is 25.0 Å². The highest BCUT2D eigenvalue weighted by atomic mass is 16.1. The van der Waals surface area contributed by atoms with E-state index < -0.39 is 0 Å². The minimum absolute atomic E-state index is 0.0509. The largest absolute Gasteiger partial charge is 0.368 e. The zero-order chi connectivity index (χ0) is 20.3. The van der Waals surface area contributed by atoms with Crippen molar-refractivity contribution in [2.45, 2.75) is 76.8 Å². The number of nitrogens with one attached hydrogen (secondary N) is 1. The van der Waals surface area contributed by atoms with Crippen LogP contribution in [0.25, 0.3) is 0 Å². The number of fused-ring (bicyclic) bond motifs is 2. The van der Waals surface area contributed by atoms with Gasteiger partial charge in [-0.2, -0.15) is 5.10 Å². The van der Waals surface area contributed by atoms with Gasteiger partial charge in [-0.1, -0.05) is 6.42 Å². The van der Waals surface area contributed by atoms with Crippen molar-refractivity contribution in [3.8, 4) is 0 Å². The number of piperidine rings is 1. The fourth-order valence-corrected chi connectivity index (χ4v) is 5.30. The summed E-state index contributed by atoms with van der Waals surface area (Å²) in [4.78, 5) is 24.0. The molecule has 1 aliphatic heterocycles. The first-order chi connectivity index (χ1) is 14.8. The summed E-state index contributed by atoms with van der Waals surface area (Å²) in [6.07, 6.45) is 13.1. The Hall–Kier alpha value is -2.28. The summed E-state index contributed by atoms with van der Waals surface area (Å²) in [6, 6.07) is 2.28. The average Bonchev–Trinajstić information content (AvgIpc) is 3.23. The number of likely N-dealkylation sites (tertiary alicyclic amines) is 1. The van der Waals surface area contributed by atoms with Crippen LogP contribution in [0.2, 0.25) is 0 Å². The molecule has 2 aromatic rings. The molecule has 1 saturated heterocycles. The molecule has 3 heterocycles. The third-order valence-corrected chi connectivity index (χ3v) is 7.00. The molecule has 0 amide bonds. The lowest BCUT2D eigenvalue weighted by Crippen LogP contribution is -2.46. The lowest BCUT2D eigenvalue weighted by atomic mass is 9.96. The van der Waals surface area contributed by atoms with Crippen LogP contribution in [0, 0.1) is 0 Å². The minimum Gasteiger partial charge on any atom is -0.368 e. The number of rotatable bonds is 6. The summed E-state index contributed by atoms with van der Waals surface area (Å²) in [6.45, 7) is 3.54. The molecule has 2 aromatic heterocycles. The van der Waals surface area contributed by atoms with Crippen molar-refractivity contribution in [3.63, 3.8) is 0 Å². The van der Waals surface area contributed by atoms with Crippen LogP contribution in [0.15, 0.2) is 17.2 Å². The molecule has 7 heteroatoms. The van der Waals surface area contributed by atoms with E-state index in [-0.39, 0.29) is 5.56 Å². The van der Waals surface area contributed by atoms with E-state index in [0.717, 1.165) is 68.8 Å². The van der Waals surface area contributed by atoms with Gasteiger partial charge in [0.15, 0.2) is 0 Å². The molecular weight excluding hydrogens is 376 g/mol. The van der Waals surface area contributed by atoms with Crippen LogP contribution in [0.5, 0.6) is 0 Å². The van der Waals surface area contributed by atoms with E-state index in [2.05, 4.69) is 25.3 Å². The second-order valence-electron chi connectivity index (χ2n) is 8.95. The van der Waals surface area contributed by atoms with E-state index >= 15 is 0 Å². The second kappa shape index (κ2) is 8.84. The fraction of sp³-hybridized carbons (Fsp3) is 0.652. The highest BCUT2D eigenvalue weighted by molar-refractivity contribution is 5.47. The lowest BCUT2D eigenvalue weighted by molar-refractivity contribution is 0.148. The Morgan fingerprint density at radius 1 is 0.967 bits per heavy atom. The Morgan fingerprint density at radius 3 is 2.83 bits per heavy atom. The molecule has 1 fully saturated rings. The van der Waals surface area contributed by atoms with Gasteiger partial charge in [0, 0.05) is 36.5 Å². The van der Waals surface area contributed by atoms with Gasteiger partial charge in [0.1, 0.15) is 12.1 Å². The Bertz CT molecular complexity index is 955. The second-order valence-corrected chi connectivity index (χ2v) is 8.95. The molecule has 0 bridgehead atoms. The molecule has 1 atom stereocenters. The minimum atomic E-state index is 0.0509. The number of hydrogen-bond acceptors (Lipinski definition) is 6. The van der Waals surface area contributed by atoms with Gasteiger partial charge < -0.3 is 5.32 Å². The van der Waals surface area contributed by atoms with E-state index in [1.807, 2.05) is 6.07 Å². The van der Waals surface area contributed by atoms with E-state index in [1.165, 1.54) is 43.4 Å². The van der Waals surface area contributed by atoms with Crippen LogP contribution in [-0.2, 0) is 32.2 Å². The Morgan fingerprint density at radius 2 is 1.87 bits per heavy atom. The zero-order valence-corrected chi connectivity index (χ0v) is 17.8. The van der Waals surface area contributed by atoms with Gasteiger partial charge in [-0.25, -0.2) is 14.6 Å². The van der Waals surface area contributed by atoms with E-state index in [0.29, 0.717) is 12.6 Å². The monoisotopic (exact) mass is 408 g/mol. The van der Waals surface area contributed by atoms with Gasteiger partial charge in [0.25, 0.3) is 5.56 Å². The number of aryl methyl sites for hydroxylation is 3. The van der Waals surface area contributed by atoms with E-state index in [4.69, 9.17) is 0 Å². The SMILES string of the molecule is O=c1cc2c(nn1CCN1CCCCC1CNc1ncnc3c1CCCC3)CCC2. The summed E-state index contributed by atoms with van der Waals surface area (Å²) in [5.74, 6) is 1.03. The van der Waals surface area contributed by atoms with E-state index in [1.54, 1.807) is 11.0 Å². The summed E-state index contributed by atoms with van der Waals surface area (Å²) in [5, 5.41) is 8.29. The molecule has 30 heavy (non-hydrogen) atoms. The van der Waals surface area contributed by atoms with Crippen molar-refractivity contribution in [2.24, 2.45) is 0 Å². The number of anilines is 1. The standard InChI is InChI=1S/C23H32N6O/c30-22-14-17-6-5-10-20(17)27-29(22)13-12-28-11-4-3-7-18(28)15-24-23-19-8-1-2-9-21(19)25-16-26-23/h14,16,18H,1-13,15H2,(H,24,25,26). The molecule has 7 nitrogen and oxygen atoms in total. The molecule has 1 N–H and O–H groups in total. The first-order valence-corrected chi connectivity index (χ1v) is 11.7. The molecule has 1 unspecified atom stereocenters. The third kappa shape index (κ3) is 4.13. The quantitative estimate of drug-likeness (QED) is 0.791. The van der Waals surface area contributed by atoms with Crippen LogP contribution < -0.4 is 10.9 Å². The average molecular weight is 409 g/mol. The predicted octanol–water partition coefficient (Wildman–Crippen LogP) is 2.37. The van der Waals surface area contributed by atoms with Crippen LogP contribution in [0.1, 0.15) is 61.0 Å². The molecule has 0 aromatic carbocycles. The summed E-state index contributed by atoms with van der Waals surface area (Å²) < 4.78 is 1.68. The van der Waals surface area contributed by atoms with Crippen LogP contribution >= 0.6 is 0 Å². The van der Waals surface area contributed by atoms with Gasteiger partial charge in [-0.15, -0.1) is 0 Å². The number of aromatic nitrogens is 4. The van der Waals surface area contributed by atoms with Crippen molar-refractivity contribution in [3.05, 3.63) is 45.3 Å². The van der Waals surface area contributed by atoms with Crippen LogP contribution in [0.3, 0.4) is 0 Å². The smallest absolute Gasteiger partial charge is 0.267 e. The first-order valence-electron chi connectivity index (χ1n) is 11.7.